The van der Waals surface area contributed by atoms with Gasteiger partial charge in [0.2, 0.25) is 0 Å². The van der Waals surface area contributed by atoms with Crippen LogP contribution in [-0.2, 0) is 0 Å². The number of nitrogens with zero attached hydrogens (tertiary/aromatic N) is 5. The first kappa shape index (κ1) is 17.3. The van der Waals surface area contributed by atoms with E-state index in [2.05, 4.69) is 15.4 Å². The first-order valence-electron chi connectivity index (χ1n) is 9.56. The summed E-state index contributed by atoms with van der Waals surface area (Å²) in [4.78, 5) is 21.3. The third kappa shape index (κ3) is 2.72. The average molecular weight is 385 g/mol. The lowest BCUT2D eigenvalue weighted by atomic mass is 10.1. The van der Waals surface area contributed by atoms with Gasteiger partial charge in [0, 0.05) is 26.2 Å². The summed E-state index contributed by atoms with van der Waals surface area (Å²) in [7, 11) is 0. The molecule has 144 valence electrons. The number of piperazine rings is 1. The predicted molar refractivity (Wildman–Crippen MR) is 109 cm³/mol. The second-order valence-corrected chi connectivity index (χ2v) is 7.19. The second-order valence-electron chi connectivity index (χ2n) is 7.19. The number of aryl methyl sites for hydroxylation is 1. The number of para-hydroxylation sites is 2. The van der Waals surface area contributed by atoms with Crippen molar-refractivity contribution in [1.82, 2.24) is 14.3 Å². The van der Waals surface area contributed by atoms with Crippen LogP contribution in [0.5, 0.6) is 0 Å². The largest absolute Gasteiger partial charge is 0.459 e. The molecule has 5 rings (SSSR count). The lowest BCUT2D eigenvalue weighted by Gasteiger charge is -2.36. The van der Waals surface area contributed by atoms with E-state index in [1.54, 1.807) is 12.1 Å². The number of hydrogen-bond donors (Lipinski definition) is 0. The Morgan fingerprint density at radius 1 is 1.14 bits per heavy atom. The normalized spacial score (nSPS) is 14.5. The highest BCUT2D eigenvalue weighted by Gasteiger charge is 2.26. The molecule has 3 aromatic heterocycles. The van der Waals surface area contributed by atoms with E-state index >= 15 is 0 Å². The van der Waals surface area contributed by atoms with Gasteiger partial charge < -0.3 is 14.2 Å². The molecule has 1 fully saturated rings. The molecule has 0 N–H and O–H groups in total. The maximum absolute atomic E-state index is 12.5. The fraction of sp³-hybridized carbons (Fsp3) is 0.227. The molecule has 7 nitrogen and oxygen atoms in total. The van der Waals surface area contributed by atoms with Gasteiger partial charge in [-0.05, 0) is 42.8 Å². The first-order valence-corrected chi connectivity index (χ1v) is 9.56. The van der Waals surface area contributed by atoms with Crippen LogP contribution >= 0.6 is 0 Å². The summed E-state index contributed by atoms with van der Waals surface area (Å²) in [5, 5.41) is 9.66. The number of anilines is 1. The number of hydrogen-bond acceptors (Lipinski definition) is 5. The van der Waals surface area contributed by atoms with Crippen molar-refractivity contribution in [2.75, 3.05) is 31.1 Å². The second kappa shape index (κ2) is 6.67. The Bertz CT molecular complexity index is 1260. The van der Waals surface area contributed by atoms with E-state index in [-0.39, 0.29) is 5.91 Å². The van der Waals surface area contributed by atoms with Gasteiger partial charge in [0.1, 0.15) is 11.9 Å². The summed E-state index contributed by atoms with van der Waals surface area (Å²) >= 11 is 0. The molecular weight excluding hydrogens is 366 g/mol. The van der Waals surface area contributed by atoms with E-state index in [4.69, 9.17) is 9.40 Å². The number of carbonyl (C=O) groups excluding carboxylic acids is 1. The van der Waals surface area contributed by atoms with Crippen LogP contribution in [0.15, 0.2) is 53.1 Å². The molecule has 0 aliphatic carbocycles. The Morgan fingerprint density at radius 3 is 2.66 bits per heavy atom. The number of carbonyl (C=O) groups is 1. The number of fused-ring (bicyclic) bond motifs is 3. The van der Waals surface area contributed by atoms with E-state index in [0.29, 0.717) is 43.1 Å². The summed E-state index contributed by atoms with van der Waals surface area (Å²) in [5.74, 6) is 1.29. The monoisotopic (exact) mass is 385 g/mol. The SMILES string of the molecule is Cc1cc(N2CCN(C(=O)c3ccco3)CC2)n2c(nc3ccccc32)c1C#N. The number of benzene rings is 1. The Labute approximate surface area is 167 Å². The molecule has 1 aromatic carbocycles. The quantitative estimate of drug-likeness (QED) is 0.529. The summed E-state index contributed by atoms with van der Waals surface area (Å²) in [6.45, 7) is 4.54. The van der Waals surface area contributed by atoms with E-state index in [9.17, 15) is 10.1 Å². The van der Waals surface area contributed by atoms with Crippen LogP contribution in [0, 0.1) is 18.3 Å². The molecule has 0 unspecified atom stereocenters. The van der Waals surface area contributed by atoms with Crippen molar-refractivity contribution in [1.29, 1.82) is 5.26 Å². The lowest BCUT2D eigenvalue weighted by molar-refractivity contribution is 0.0714. The van der Waals surface area contributed by atoms with Crippen LogP contribution < -0.4 is 4.90 Å². The standard InChI is InChI=1S/C22H19N5O2/c1-15-13-20(25-8-10-26(11-9-25)22(28)19-7-4-12-29-19)27-18-6-3-2-5-17(18)24-21(27)16(15)14-23/h2-7,12-13H,8-11H2,1H3. The molecule has 29 heavy (non-hydrogen) atoms. The topological polar surface area (TPSA) is 77.8 Å². The number of imidazole rings is 1. The Kier molecular flexibility index (Phi) is 3.98. The zero-order chi connectivity index (χ0) is 20.0. The molecule has 1 aliphatic heterocycles. The van der Waals surface area contributed by atoms with Gasteiger partial charge in [-0.25, -0.2) is 4.98 Å². The molecule has 0 spiro atoms. The molecule has 4 heterocycles. The van der Waals surface area contributed by atoms with Crippen molar-refractivity contribution in [3.63, 3.8) is 0 Å². The third-order valence-electron chi connectivity index (χ3n) is 5.49. The van der Waals surface area contributed by atoms with Crippen LogP contribution in [0.3, 0.4) is 0 Å². The van der Waals surface area contributed by atoms with E-state index < -0.39 is 0 Å². The molecule has 1 saturated heterocycles. The molecule has 7 heteroatoms. The molecule has 1 amide bonds. The number of rotatable bonds is 2. The van der Waals surface area contributed by atoms with Crippen molar-refractivity contribution in [3.8, 4) is 6.07 Å². The molecule has 0 atom stereocenters. The van der Waals surface area contributed by atoms with Crippen LogP contribution in [0.1, 0.15) is 21.7 Å². The zero-order valence-electron chi connectivity index (χ0n) is 16.0. The van der Waals surface area contributed by atoms with Gasteiger partial charge in [0.25, 0.3) is 5.91 Å². The lowest BCUT2D eigenvalue weighted by Crippen LogP contribution is -2.49. The number of pyridine rings is 1. The molecule has 1 aliphatic rings. The number of nitriles is 1. The summed E-state index contributed by atoms with van der Waals surface area (Å²) in [6.07, 6.45) is 1.52. The molecule has 0 bridgehead atoms. The Balaban J connectivity index is 1.53. The summed E-state index contributed by atoms with van der Waals surface area (Å²) in [5.41, 5.74) is 4.01. The molecule has 4 aromatic rings. The Hall–Kier alpha value is -3.79. The fourth-order valence-corrected chi connectivity index (χ4v) is 4.00. The van der Waals surface area contributed by atoms with Crippen LogP contribution in [0.4, 0.5) is 5.82 Å². The number of furan rings is 1. The highest BCUT2D eigenvalue weighted by atomic mass is 16.3. The minimum atomic E-state index is -0.0797. The van der Waals surface area contributed by atoms with Crippen molar-refractivity contribution >= 4 is 28.4 Å². The van der Waals surface area contributed by atoms with Gasteiger partial charge in [-0.2, -0.15) is 5.26 Å². The maximum Gasteiger partial charge on any atom is 0.289 e. The molecule has 0 saturated carbocycles. The Morgan fingerprint density at radius 2 is 1.93 bits per heavy atom. The van der Waals surface area contributed by atoms with Crippen molar-refractivity contribution in [2.45, 2.75) is 6.92 Å². The van der Waals surface area contributed by atoms with Gasteiger partial charge in [0.15, 0.2) is 11.4 Å². The number of amides is 1. The molecule has 0 radical (unpaired) electrons. The van der Waals surface area contributed by atoms with Crippen molar-refractivity contribution in [3.05, 3.63) is 65.6 Å². The van der Waals surface area contributed by atoms with Crippen molar-refractivity contribution < 1.29 is 9.21 Å². The predicted octanol–water partition coefficient (Wildman–Crippen LogP) is 3.22. The van der Waals surface area contributed by atoms with Gasteiger partial charge in [-0.15, -0.1) is 0 Å². The van der Waals surface area contributed by atoms with Gasteiger partial charge >= 0.3 is 0 Å². The third-order valence-corrected chi connectivity index (χ3v) is 5.49. The van der Waals surface area contributed by atoms with Crippen LogP contribution in [-0.4, -0.2) is 46.4 Å². The first-order chi connectivity index (χ1) is 14.2. The average Bonchev–Trinajstić information content (AvgIpc) is 3.41. The van der Waals surface area contributed by atoms with Crippen LogP contribution in [0.25, 0.3) is 16.7 Å². The van der Waals surface area contributed by atoms with Gasteiger partial charge in [0.05, 0.1) is 22.9 Å². The minimum absolute atomic E-state index is 0.0797. The van der Waals surface area contributed by atoms with Crippen molar-refractivity contribution in [2.24, 2.45) is 0 Å². The summed E-state index contributed by atoms with van der Waals surface area (Å²) < 4.78 is 7.31. The molecular formula is C22H19N5O2. The van der Waals surface area contributed by atoms with E-state index in [1.807, 2.05) is 42.2 Å². The highest BCUT2D eigenvalue weighted by molar-refractivity contribution is 5.91. The zero-order valence-corrected chi connectivity index (χ0v) is 16.0. The van der Waals surface area contributed by atoms with Crippen LogP contribution in [0.2, 0.25) is 0 Å². The number of aromatic nitrogens is 2. The van der Waals surface area contributed by atoms with E-state index in [0.717, 1.165) is 22.4 Å². The maximum atomic E-state index is 12.5. The van der Waals surface area contributed by atoms with E-state index in [1.165, 1.54) is 6.26 Å². The summed E-state index contributed by atoms with van der Waals surface area (Å²) in [6, 6.07) is 15.7. The fourth-order valence-electron chi connectivity index (χ4n) is 4.00. The highest BCUT2D eigenvalue weighted by Crippen LogP contribution is 2.29. The smallest absolute Gasteiger partial charge is 0.289 e. The van der Waals surface area contributed by atoms with Gasteiger partial charge in [-0.1, -0.05) is 12.1 Å². The van der Waals surface area contributed by atoms with Gasteiger partial charge in [-0.3, -0.25) is 9.20 Å². The minimum Gasteiger partial charge on any atom is -0.459 e.